The Morgan fingerprint density at radius 3 is 2.65 bits per heavy atom. The zero-order chi connectivity index (χ0) is 14.2. The fourth-order valence-corrected chi connectivity index (χ4v) is 2.24. The van der Waals surface area contributed by atoms with Crippen molar-refractivity contribution in [2.75, 3.05) is 0 Å². The molecule has 100 valence electrons. The van der Waals surface area contributed by atoms with Crippen LogP contribution in [0, 0.1) is 0 Å². The maximum atomic E-state index is 3.87. The maximum absolute atomic E-state index is 3.87. The van der Waals surface area contributed by atoms with Crippen molar-refractivity contribution < 1.29 is 0 Å². The minimum Gasteiger partial charge on any atom is -0.0990 e. The molecule has 20 heavy (non-hydrogen) atoms. The lowest BCUT2D eigenvalue weighted by Gasteiger charge is -2.02. The summed E-state index contributed by atoms with van der Waals surface area (Å²) < 4.78 is 0. The summed E-state index contributed by atoms with van der Waals surface area (Å²) in [6, 6.07) is 0. The second-order valence-electron chi connectivity index (χ2n) is 4.64. The third-order valence-electron chi connectivity index (χ3n) is 3.28. The van der Waals surface area contributed by atoms with E-state index in [1.807, 2.05) is 12.2 Å². The van der Waals surface area contributed by atoms with E-state index in [-0.39, 0.29) is 0 Å². The quantitative estimate of drug-likeness (QED) is 0.582. The van der Waals surface area contributed by atoms with Crippen molar-refractivity contribution in [1.29, 1.82) is 0 Å². The SMILES string of the molecule is C=C/C=C(\C=C)C1=CCC=C(C2=CC=CCC=C2)C=C1. The van der Waals surface area contributed by atoms with Crippen LogP contribution in [0.2, 0.25) is 0 Å². The fourth-order valence-electron chi connectivity index (χ4n) is 2.24. The molecule has 0 radical (unpaired) electrons. The zero-order valence-corrected chi connectivity index (χ0v) is 11.8. The van der Waals surface area contributed by atoms with Crippen LogP contribution in [0.3, 0.4) is 0 Å². The van der Waals surface area contributed by atoms with Crippen LogP contribution in [0.15, 0.2) is 108 Å². The molecule has 0 aliphatic heterocycles. The Labute approximate surface area is 121 Å². The first-order chi connectivity index (χ1) is 9.85. The van der Waals surface area contributed by atoms with Gasteiger partial charge in [0.15, 0.2) is 0 Å². The van der Waals surface area contributed by atoms with Crippen LogP contribution >= 0.6 is 0 Å². The van der Waals surface area contributed by atoms with Gasteiger partial charge in [-0.1, -0.05) is 86.1 Å². The van der Waals surface area contributed by atoms with Crippen molar-refractivity contribution in [3.8, 4) is 0 Å². The molecule has 0 nitrogen and oxygen atoms in total. The van der Waals surface area contributed by atoms with E-state index in [2.05, 4.69) is 67.8 Å². The number of rotatable bonds is 4. The Balaban J connectivity index is 2.23. The molecule has 0 fully saturated rings. The largest absolute Gasteiger partial charge is 0.0990 e. The molecule has 0 N–H and O–H groups in total. The third-order valence-corrected chi connectivity index (χ3v) is 3.28. The predicted molar refractivity (Wildman–Crippen MR) is 89.4 cm³/mol. The van der Waals surface area contributed by atoms with Crippen molar-refractivity contribution >= 4 is 0 Å². The maximum Gasteiger partial charge on any atom is -0.0151 e. The number of allylic oxidation sites excluding steroid dienone is 16. The zero-order valence-electron chi connectivity index (χ0n) is 11.8. The van der Waals surface area contributed by atoms with Gasteiger partial charge < -0.3 is 0 Å². The predicted octanol–water partition coefficient (Wildman–Crippen LogP) is 5.54. The van der Waals surface area contributed by atoms with Crippen LogP contribution in [0.4, 0.5) is 0 Å². The van der Waals surface area contributed by atoms with Gasteiger partial charge in [-0.05, 0) is 35.1 Å². The van der Waals surface area contributed by atoms with E-state index >= 15 is 0 Å². The second-order valence-corrected chi connectivity index (χ2v) is 4.64. The highest BCUT2D eigenvalue weighted by Gasteiger charge is 2.04. The lowest BCUT2D eigenvalue weighted by atomic mass is 10.0. The Morgan fingerprint density at radius 1 is 0.950 bits per heavy atom. The van der Waals surface area contributed by atoms with Crippen molar-refractivity contribution in [3.63, 3.8) is 0 Å². The molecular weight excluding hydrogens is 240 g/mol. The van der Waals surface area contributed by atoms with E-state index in [0.29, 0.717) is 0 Å². The van der Waals surface area contributed by atoms with E-state index in [9.17, 15) is 0 Å². The molecule has 2 aliphatic carbocycles. The molecule has 0 heterocycles. The highest BCUT2D eigenvalue weighted by atomic mass is 14.1. The first-order valence-corrected chi connectivity index (χ1v) is 6.93. The Morgan fingerprint density at radius 2 is 1.85 bits per heavy atom. The number of hydrogen-bond acceptors (Lipinski definition) is 0. The van der Waals surface area contributed by atoms with Gasteiger partial charge in [0.25, 0.3) is 0 Å². The van der Waals surface area contributed by atoms with Gasteiger partial charge >= 0.3 is 0 Å². The normalized spacial score (nSPS) is 18.6. The lowest BCUT2D eigenvalue weighted by Crippen LogP contribution is -1.83. The molecule has 0 bridgehead atoms. The van der Waals surface area contributed by atoms with Gasteiger partial charge in [0.2, 0.25) is 0 Å². The summed E-state index contributed by atoms with van der Waals surface area (Å²) >= 11 is 0. The van der Waals surface area contributed by atoms with Gasteiger partial charge in [-0.25, -0.2) is 0 Å². The summed E-state index contributed by atoms with van der Waals surface area (Å²) in [6.07, 6.45) is 27.2. The summed E-state index contributed by atoms with van der Waals surface area (Å²) in [5.74, 6) is 0. The van der Waals surface area contributed by atoms with Gasteiger partial charge in [-0.2, -0.15) is 0 Å². The summed E-state index contributed by atoms with van der Waals surface area (Å²) in [6.45, 7) is 7.62. The van der Waals surface area contributed by atoms with E-state index < -0.39 is 0 Å². The van der Waals surface area contributed by atoms with Crippen LogP contribution in [-0.4, -0.2) is 0 Å². The second kappa shape index (κ2) is 7.30. The molecule has 2 aliphatic rings. The first kappa shape index (κ1) is 14.1. The molecule has 0 unspecified atom stereocenters. The third kappa shape index (κ3) is 3.58. The molecule has 0 saturated heterocycles. The van der Waals surface area contributed by atoms with Crippen LogP contribution in [0.1, 0.15) is 12.8 Å². The van der Waals surface area contributed by atoms with E-state index in [1.54, 1.807) is 6.08 Å². The molecule has 0 spiro atoms. The highest BCUT2D eigenvalue weighted by molar-refractivity contribution is 5.55. The van der Waals surface area contributed by atoms with Crippen molar-refractivity contribution in [2.45, 2.75) is 12.8 Å². The van der Waals surface area contributed by atoms with E-state index in [1.165, 1.54) is 16.7 Å². The van der Waals surface area contributed by atoms with Crippen LogP contribution in [0.25, 0.3) is 0 Å². The fraction of sp³-hybridized carbons (Fsp3) is 0.100. The van der Waals surface area contributed by atoms with Gasteiger partial charge in [0, 0.05) is 0 Å². The summed E-state index contributed by atoms with van der Waals surface area (Å²) in [5.41, 5.74) is 4.83. The highest BCUT2D eigenvalue weighted by Crippen LogP contribution is 2.23. The molecule has 2 rings (SSSR count). The minimum absolute atomic E-state index is 0.925. The minimum atomic E-state index is 0.925. The summed E-state index contributed by atoms with van der Waals surface area (Å²) in [5, 5.41) is 0. The monoisotopic (exact) mass is 260 g/mol. The molecule has 0 aromatic rings. The van der Waals surface area contributed by atoms with E-state index in [0.717, 1.165) is 18.4 Å². The van der Waals surface area contributed by atoms with Gasteiger partial charge in [-0.3, -0.25) is 0 Å². The van der Waals surface area contributed by atoms with Crippen LogP contribution in [-0.2, 0) is 0 Å². The molecule has 0 heteroatoms. The van der Waals surface area contributed by atoms with Crippen molar-refractivity contribution in [2.24, 2.45) is 0 Å². The Bertz CT molecular complexity index is 596. The Hall–Kier alpha value is -2.34. The summed E-state index contributed by atoms with van der Waals surface area (Å²) in [4.78, 5) is 0. The number of hydrogen-bond donors (Lipinski definition) is 0. The van der Waals surface area contributed by atoms with Crippen molar-refractivity contribution in [1.82, 2.24) is 0 Å². The molecular formula is C20H20. The van der Waals surface area contributed by atoms with E-state index in [4.69, 9.17) is 0 Å². The van der Waals surface area contributed by atoms with Gasteiger partial charge in [-0.15, -0.1) is 0 Å². The average Bonchev–Trinajstić information content (AvgIpc) is 2.87. The van der Waals surface area contributed by atoms with Crippen LogP contribution < -0.4 is 0 Å². The smallest absolute Gasteiger partial charge is 0.0151 e. The van der Waals surface area contributed by atoms with Crippen LogP contribution in [0.5, 0.6) is 0 Å². The molecule has 0 atom stereocenters. The molecule has 0 saturated carbocycles. The molecule has 0 aromatic heterocycles. The topological polar surface area (TPSA) is 0 Å². The molecule has 0 amide bonds. The van der Waals surface area contributed by atoms with Gasteiger partial charge in [0.05, 0.1) is 0 Å². The van der Waals surface area contributed by atoms with Crippen molar-refractivity contribution in [3.05, 3.63) is 108 Å². The van der Waals surface area contributed by atoms with Gasteiger partial charge in [0.1, 0.15) is 0 Å². The first-order valence-electron chi connectivity index (χ1n) is 6.93. The lowest BCUT2D eigenvalue weighted by molar-refractivity contribution is 1.34. The Kier molecular flexibility index (Phi) is 5.14. The molecule has 0 aromatic carbocycles. The standard InChI is InChI=1S/C20H20/c1-3-10-17(4-2)19-13-9-14-20(16-15-19)18-11-7-5-6-8-12-18/h3-5,7-8,10-16H,1-2,6,9H2/b17-10+. The average molecular weight is 260 g/mol. The summed E-state index contributed by atoms with van der Waals surface area (Å²) in [7, 11) is 0.